The third kappa shape index (κ3) is 2.26. The van der Waals surface area contributed by atoms with Gasteiger partial charge in [0.25, 0.3) is 5.91 Å². The van der Waals surface area contributed by atoms with Crippen LogP contribution < -0.4 is 5.73 Å². The molecule has 13 heavy (non-hydrogen) atoms. The number of hydrogen-bond acceptors (Lipinski definition) is 3. The van der Waals surface area contributed by atoms with Gasteiger partial charge in [-0.25, -0.2) is 0 Å². The van der Waals surface area contributed by atoms with Crippen molar-refractivity contribution in [3.8, 4) is 0 Å². The van der Waals surface area contributed by atoms with E-state index in [1.807, 2.05) is 0 Å². The molecule has 4 heteroatoms. The molecule has 4 nitrogen and oxygen atoms in total. The summed E-state index contributed by atoms with van der Waals surface area (Å²) in [7, 11) is 0. The highest BCUT2D eigenvalue weighted by molar-refractivity contribution is 5.90. The lowest BCUT2D eigenvalue weighted by Gasteiger charge is -2.17. The first kappa shape index (κ1) is 9.67. The first-order valence-electron chi connectivity index (χ1n) is 3.90. The van der Waals surface area contributed by atoms with Crippen LogP contribution in [-0.4, -0.2) is 16.0 Å². The van der Waals surface area contributed by atoms with Crippen molar-refractivity contribution in [2.24, 2.45) is 5.73 Å². The Kier molecular flexibility index (Phi) is 2.34. The fourth-order valence-corrected chi connectivity index (χ4v) is 0.946. The first-order valence-corrected chi connectivity index (χ1v) is 3.90. The molecule has 0 aliphatic rings. The molecule has 0 saturated heterocycles. The smallest absolute Gasteiger partial charge is 0.267 e. The number of nitrogens with zero attached hydrogens (tertiary/aromatic N) is 1. The Morgan fingerprint density at radius 2 is 2.23 bits per heavy atom. The number of aromatic nitrogens is 1. The minimum absolute atomic E-state index is 0.166. The zero-order valence-electron chi connectivity index (χ0n) is 7.61. The van der Waals surface area contributed by atoms with Crippen molar-refractivity contribution in [2.75, 3.05) is 0 Å². The predicted octanol–water partition coefficient (Wildman–Crippen LogP) is 0.408. The van der Waals surface area contributed by atoms with E-state index in [1.165, 1.54) is 12.3 Å². The highest BCUT2D eigenvalue weighted by Gasteiger charge is 2.17. The molecule has 0 fully saturated rings. The number of rotatable bonds is 2. The van der Waals surface area contributed by atoms with Crippen LogP contribution in [0.4, 0.5) is 0 Å². The number of amides is 1. The molecule has 3 N–H and O–H groups in total. The van der Waals surface area contributed by atoms with Gasteiger partial charge in [-0.1, -0.05) is 0 Å². The average Bonchev–Trinajstić information content (AvgIpc) is 2.03. The lowest BCUT2D eigenvalue weighted by Crippen LogP contribution is -2.19. The van der Waals surface area contributed by atoms with Crippen molar-refractivity contribution in [1.82, 2.24) is 4.98 Å². The van der Waals surface area contributed by atoms with E-state index < -0.39 is 11.5 Å². The molecule has 0 aromatic carbocycles. The Balaban J connectivity index is 3.13. The second-order valence-electron chi connectivity index (χ2n) is 3.35. The van der Waals surface area contributed by atoms with Gasteiger partial charge in [-0.3, -0.25) is 9.78 Å². The van der Waals surface area contributed by atoms with Crippen molar-refractivity contribution in [1.29, 1.82) is 0 Å². The van der Waals surface area contributed by atoms with E-state index in [0.717, 1.165) is 0 Å². The number of carbonyl (C=O) groups is 1. The van der Waals surface area contributed by atoms with Gasteiger partial charge in [-0.05, 0) is 31.5 Å². The van der Waals surface area contributed by atoms with Crippen molar-refractivity contribution in [3.63, 3.8) is 0 Å². The maximum Gasteiger partial charge on any atom is 0.267 e. The summed E-state index contributed by atoms with van der Waals surface area (Å²) in [5, 5.41) is 9.62. The molecule has 1 aromatic heterocycles. The van der Waals surface area contributed by atoms with Crippen LogP contribution >= 0.6 is 0 Å². The fraction of sp³-hybridized carbons (Fsp3) is 0.333. The molecule has 1 rings (SSSR count). The number of pyridine rings is 1. The molecule has 0 spiro atoms. The maximum absolute atomic E-state index is 10.8. The van der Waals surface area contributed by atoms with Gasteiger partial charge in [0, 0.05) is 6.20 Å². The summed E-state index contributed by atoms with van der Waals surface area (Å²) < 4.78 is 0. The molecule has 1 aromatic rings. The molecule has 0 radical (unpaired) electrons. The van der Waals surface area contributed by atoms with E-state index in [2.05, 4.69) is 4.98 Å². The molecule has 0 bridgehead atoms. The summed E-state index contributed by atoms with van der Waals surface area (Å²) in [6.07, 6.45) is 1.45. The summed E-state index contributed by atoms with van der Waals surface area (Å²) in [5.41, 5.74) is 4.85. The quantitative estimate of drug-likeness (QED) is 0.692. The van der Waals surface area contributed by atoms with Crippen LogP contribution in [0.25, 0.3) is 0 Å². The van der Waals surface area contributed by atoms with Gasteiger partial charge in [0.05, 0.1) is 5.60 Å². The minimum Gasteiger partial charge on any atom is -0.386 e. The molecule has 0 atom stereocenters. The van der Waals surface area contributed by atoms with Crippen LogP contribution in [-0.2, 0) is 5.60 Å². The van der Waals surface area contributed by atoms with E-state index >= 15 is 0 Å². The van der Waals surface area contributed by atoms with Gasteiger partial charge in [0.1, 0.15) is 5.69 Å². The number of carbonyl (C=O) groups excluding carboxylic acids is 1. The summed E-state index contributed by atoms with van der Waals surface area (Å²) in [4.78, 5) is 14.5. The van der Waals surface area contributed by atoms with Crippen LogP contribution in [0.3, 0.4) is 0 Å². The molecule has 0 aliphatic carbocycles. The van der Waals surface area contributed by atoms with E-state index in [1.54, 1.807) is 19.9 Å². The van der Waals surface area contributed by atoms with Crippen molar-refractivity contribution in [2.45, 2.75) is 19.4 Å². The first-order chi connectivity index (χ1) is 5.91. The highest BCUT2D eigenvalue weighted by atomic mass is 16.3. The number of nitrogens with two attached hydrogens (primary N) is 1. The Labute approximate surface area is 76.4 Å². The Morgan fingerprint density at radius 3 is 2.69 bits per heavy atom. The van der Waals surface area contributed by atoms with Gasteiger partial charge in [-0.2, -0.15) is 0 Å². The summed E-state index contributed by atoms with van der Waals surface area (Å²) in [6.45, 7) is 3.26. The Bertz CT molecular complexity index is 329. The molecule has 1 amide bonds. The van der Waals surface area contributed by atoms with Crippen LogP contribution in [0.15, 0.2) is 18.3 Å². The highest BCUT2D eigenvalue weighted by Crippen LogP contribution is 2.18. The van der Waals surface area contributed by atoms with Gasteiger partial charge in [-0.15, -0.1) is 0 Å². The third-order valence-corrected chi connectivity index (χ3v) is 1.72. The second kappa shape index (κ2) is 3.14. The summed E-state index contributed by atoms with van der Waals surface area (Å²) in [5.74, 6) is -0.592. The van der Waals surface area contributed by atoms with Crippen molar-refractivity contribution in [3.05, 3.63) is 29.6 Å². The van der Waals surface area contributed by atoms with Crippen LogP contribution in [0, 0.1) is 0 Å². The zero-order valence-corrected chi connectivity index (χ0v) is 7.61. The largest absolute Gasteiger partial charge is 0.386 e. The fourth-order valence-electron chi connectivity index (χ4n) is 0.946. The average molecular weight is 180 g/mol. The maximum atomic E-state index is 10.8. The van der Waals surface area contributed by atoms with Crippen molar-refractivity contribution < 1.29 is 9.90 Å². The van der Waals surface area contributed by atoms with E-state index in [4.69, 9.17) is 5.73 Å². The predicted molar refractivity (Wildman–Crippen MR) is 48.0 cm³/mol. The molecule has 0 saturated carbocycles. The standard InChI is InChI=1S/C9H12N2O2/c1-9(2,13)6-3-4-11-7(5-6)8(10)12/h3-5,13H,1-2H3,(H2,10,12). The molecule has 70 valence electrons. The zero-order chi connectivity index (χ0) is 10.1. The monoisotopic (exact) mass is 180 g/mol. The third-order valence-electron chi connectivity index (χ3n) is 1.72. The van der Waals surface area contributed by atoms with Gasteiger partial charge >= 0.3 is 0 Å². The van der Waals surface area contributed by atoms with Crippen LogP contribution in [0.2, 0.25) is 0 Å². The minimum atomic E-state index is -0.979. The van der Waals surface area contributed by atoms with Crippen LogP contribution in [0.5, 0.6) is 0 Å². The van der Waals surface area contributed by atoms with Crippen molar-refractivity contribution >= 4 is 5.91 Å². The molecule has 0 unspecified atom stereocenters. The molecule has 1 heterocycles. The van der Waals surface area contributed by atoms with Gasteiger partial charge < -0.3 is 10.8 Å². The number of aliphatic hydroxyl groups is 1. The molecular weight excluding hydrogens is 168 g/mol. The Morgan fingerprint density at radius 1 is 1.62 bits per heavy atom. The lowest BCUT2D eigenvalue weighted by molar-refractivity contribution is 0.0783. The van der Waals surface area contributed by atoms with E-state index in [-0.39, 0.29) is 5.69 Å². The molecule has 0 aliphatic heterocycles. The van der Waals surface area contributed by atoms with Gasteiger partial charge in [0.15, 0.2) is 0 Å². The van der Waals surface area contributed by atoms with Gasteiger partial charge in [0.2, 0.25) is 0 Å². The lowest BCUT2D eigenvalue weighted by atomic mass is 9.99. The summed E-state index contributed by atoms with van der Waals surface area (Å²) >= 11 is 0. The summed E-state index contributed by atoms with van der Waals surface area (Å²) in [6, 6.07) is 3.13. The normalized spacial score (nSPS) is 11.3. The SMILES string of the molecule is CC(C)(O)c1ccnc(C(N)=O)c1. The van der Waals surface area contributed by atoms with E-state index in [9.17, 15) is 9.90 Å². The number of hydrogen-bond donors (Lipinski definition) is 2. The molecular formula is C9H12N2O2. The van der Waals surface area contributed by atoms with Crippen LogP contribution in [0.1, 0.15) is 29.9 Å². The second-order valence-corrected chi connectivity index (χ2v) is 3.35. The number of primary amides is 1. The Hall–Kier alpha value is -1.42. The topological polar surface area (TPSA) is 76.2 Å². The van der Waals surface area contributed by atoms with E-state index in [0.29, 0.717) is 5.56 Å².